The Labute approximate surface area is 121 Å². The SMILES string of the molecule is CCCC(NC(=O)C1CCC(N)CC1)c1ccccc1. The number of nitrogens with two attached hydrogens (primary N) is 1. The van der Waals surface area contributed by atoms with Gasteiger partial charge in [-0.3, -0.25) is 4.79 Å². The highest BCUT2D eigenvalue weighted by Gasteiger charge is 2.26. The minimum absolute atomic E-state index is 0.143. The molecule has 0 bridgehead atoms. The average molecular weight is 274 g/mol. The first-order valence-electron chi connectivity index (χ1n) is 7.81. The van der Waals surface area contributed by atoms with Crippen LogP contribution in [0.2, 0.25) is 0 Å². The second-order valence-electron chi connectivity index (χ2n) is 5.87. The van der Waals surface area contributed by atoms with Crippen LogP contribution in [0.4, 0.5) is 0 Å². The van der Waals surface area contributed by atoms with E-state index in [2.05, 4.69) is 24.4 Å². The number of hydrogen-bond acceptors (Lipinski definition) is 2. The molecule has 0 aliphatic heterocycles. The Balaban J connectivity index is 1.96. The lowest BCUT2D eigenvalue weighted by Crippen LogP contribution is -2.38. The van der Waals surface area contributed by atoms with Crippen molar-refractivity contribution in [2.45, 2.75) is 57.5 Å². The third-order valence-corrected chi connectivity index (χ3v) is 4.24. The molecule has 0 radical (unpaired) electrons. The molecule has 1 fully saturated rings. The quantitative estimate of drug-likeness (QED) is 0.866. The second-order valence-corrected chi connectivity index (χ2v) is 5.87. The van der Waals surface area contributed by atoms with Crippen molar-refractivity contribution < 1.29 is 4.79 Å². The molecular weight excluding hydrogens is 248 g/mol. The van der Waals surface area contributed by atoms with Crippen LogP contribution in [-0.4, -0.2) is 11.9 Å². The molecule has 1 aromatic rings. The molecule has 3 nitrogen and oxygen atoms in total. The van der Waals surface area contributed by atoms with Gasteiger partial charge in [0, 0.05) is 12.0 Å². The van der Waals surface area contributed by atoms with Crippen molar-refractivity contribution in [2.24, 2.45) is 11.7 Å². The first-order valence-corrected chi connectivity index (χ1v) is 7.81. The van der Waals surface area contributed by atoms with E-state index in [1.165, 1.54) is 5.56 Å². The summed E-state index contributed by atoms with van der Waals surface area (Å²) in [5.74, 6) is 0.358. The molecule has 0 aromatic heterocycles. The van der Waals surface area contributed by atoms with Crippen LogP contribution < -0.4 is 11.1 Å². The Morgan fingerprint density at radius 3 is 2.50 bits per heavy atom. The molecule has 1 aliphatic carbocycles. The molecule has 20 heavy (non-hydrogen) atoms. The Morgan fingerprint density at radius 1 is 1.25 bits per heavy atom. The fourth-order valence-electron chi connectivity index (χ4n) is 2.97. The first-order chi connectivity index (χ1) is 9.70. The van der Waals surface area contributed by atoms with Crippen LogP contribution in [0.25, 0.3) is 0 Å². The molecule has 0 saturated heterocycles. The summed E-state index contributed by atoms with van der Waals surface area (Å²) in [6, 6.07) is 10.7. The molecule has 1 saturated carbocycles. The summed E-state index contributed by atoms with van der Waals surface area (Å²) in [6.45, 7) is 2.15. The second kappa shape index (κ2) is 7.44. The van der Waals surface area contributed by atoms with Gasteiger partial charge in [-0.05, 0) is 37.7 Å². The Morgan fingerprint density at radius 2 is 1.90 bits per heavy atom. The van der Waals surface area contributed by atoms with Crippen LogP contribution in [-0.2, 0) is 4.79 Å². The molecular formula is C17H26N2O. The normalized spacial score (nSPS) is 24.1. The van der Waals surface area contributed by atoms with E-state index in [4.69, 9.17) is 5.73 Å². The minimum Gasteiger partial charge on any atom is -0.349 e. The van der Waals surface area contributed by atoms with Gasteiger partial charge in [0.25, 0.3) is 0 Å². The van der Waals surface area contributed by atoms with Gasteiger partial charge in [-0.1, -0.05) is 43.7 Å². The van der Waals surface area contributed by atoms with Crippen LogP contribution in [0.3, 0.4) is 0 Å². The van der Waals surface area contributed by atoms with E-state index in [1.54, 1.807) is 0 Å². The Kier molecular flexibility index (Phi) is 5.60. The largest absolute Gasteiger partial charge is 0.349 e. The zero-order valence-corrected chi connectivity index (χ0v) is 12.3. The highest BCUT2D eigenvalue weighted by molar-refractivity contribution is 5.79. The Bertz CT molecular complexity index is 410. The van der Waals surface area contributed by atoms with Gasteiger partial charge in [-0.25, -0.2) is 0 Å². The van der Waals surface area contributed by atoms with Gasteiger partial charge in [-0.15, -0.1) is 0 Å². The molecule has 0 heterocycles. The number of carbonyl (C=O) groups excluding carboxylic acids is 1. The van der Waals surface area contributed by atoms with Gasteiger partial charge < -0.3 is 11.1 Å². The zero-order valence-electron chi connectivity index (χ0n) is 12.3. The standard InChI is InChI=1S/C17H26N2O/c1-2-6-16(13-7-4-3-5-8-13)19-17(20)14-9-11-15(18)12-10-14/h3-5,7-8,14-16H,2,6,9-12,18H2,1H3,(H,19,20). The highest BCUT2D eigenvalue weighted by atomic mass is 16.1. The molecule has 3 N–H and O–H groups in total. The van der Waals surface area contributed by atoms with Crippen molar-refractivity contribution >= 4 is 5.91 Å². The topological polar surface area (TPSA) is 55.1 Å². The number of rotatable bonds is 5. The summed E-state index contributed by atoms with van der Waals surface area (Å²) in [7, 11) is 0. The van der Waals surface area contributed by atoms with Crippen molar-refractivity contribution in [1.82, 2.24) is 5.32 Å². The molecule has 3 heteroatoms. The molecule has 0 spiro atoms. The highest BCUT2D eigenvalue weighted by Crippen LogP contribution is 2.25. The van der Waals surface area contributed by atoms with E-state index in [9.17, 15) is 4.79 Å². The molecule has 110 valence electrons. The van der Waals surface area contributed by atoms with Gasteiger partial charge in [0.1, 0.15) is 0 Å². The van der Waals surface area contributed by atoms with Crippen molar-refractivity contribution in [2.75, 3.05) is 0 Å². The lowest BCUT2D eigenvalue weighted by atomic mass is 9.85. The summed E-state index contributed by atoms with van der Waals surface area (Å²) in [5.41, 5.74) is 7.11. The van der Waals surface area contributed by atoms with Crippen LogP contribution in [0, 0.1) is 5.92 Å². The van der Waals surface area contributed by atoms with E-state index in [0.29, 0.717) is 6.04 Å². The molecule has 1 aliphatic rings. The third-order valence-electron chi connectivity index (χ3n) is 4.24. The van der Waals surface area contributed by atoms with E-state index < -0.39 is 0 Å². The van der Waals surface area contributed by atoms with E-state index >= 15 is 0 Å². The van der Waals surface area contributed by atoms with Crippen LogP contribution in [0.15, 0.2) is 30.3 Å². The summed E-state index contributed by atoms with van der Waals surface area (Å²) >= 11 is 0. The molecule has 2 rings (SSSR count). The third kappa shape index (κ3) is 4.07. The molecule has 1 atom stereocenters. The van der Waals surface area contributed by atoms with Crippen LogP contribution >= 0.6 is 0 Å². The smallest absolute Gasteiger partial charge is 0.223 e. The van der Waals surface area contributed by atoms with E-state index in [-0.39, 0.29) is 17.9 Å². The molecule has 1 aromatic carbocycles. The van der Waals surface area contributed by atoms with Crippen LogP contribution in [0.1, 0.15) is 57.1 Å². The van der Waals surface area contributed by atoms with Gasteiger partial charge in [0.15, 0.2) is 0 Å². The van der Waals surface area contributed by atoms with Crippen molar-refractivity contribution in [3.63, 3.8) is 0 Å². The van der Waals surface area contributed by atoms with Gasteiger partial charge >= 0.3 is 0 Å². The molecule has 1 amide bonds. The number of hydrogen-bond donors (Lipinski definition) is 2. The van der Waals surface area contributed by atoms with Gasteiger partial charge in [0.2, 0.25) is 5.91 Å². The fraction of sp³-hybridized carbons (Fsp3) is 0.588. The Hall–Kier alpha value is -1.35. The van der Waals surface area contributed by atoms with Crippen molar-refractivity contribution in [3.05, 3.63) is 35.9 Å². The minimum atomic E-state index is 0.143. The predicted molar refractivity (Wildman–Crippen MR) is 82.2 cm³/mol. The lowest BCUT2D eigenvalue weighted by Gasteiger charge is -2.27. The lowest BCUT2D eigenvalue weighted by molar-refractivity contribution is -0.126. The number of nitrogens with one attached hydrogen (secondary N) is 1. The number of amides is 1. The van der Waals surface area contributed by atoms with Crippen molar-refractivity contribution in [3.8, 4) is 0 Å². The summed E-state index contributed by atoms with van der Waals surface area (Å²) < 4.78 is 0. The first kappa shape index (κ1) is 15.0. The molecule has 1 unspecified atom stereocenters. The summed E-state index contributed by atoms with van der Waals surface area (Å²) in [5, 5.41) is 3.24. The maximum Gasteiger partial charge on any atom is 0.223 e. The number of benzene rings is 1. The fourth-order valence-corrected chi connectivity index (χ4v) is 2.97. The maximum atomic E-state index is 12.4. The monoisotopic (exact) mass is 274 g/mol. The maximum absolute atomic E-state index is 12.4. The summed E-state index contributed by atoms with van der Waals surface area (Å²) in [4.78, 5) is 12.4. The van der Waals surface area contributed by atoms with Crippen LogP contribution in [0.5, 0.6) is 0 Å². The van der Waals surface area contributed by atoms with E-state index in [1.807, 2.05) is 18.2 Å². The predicted octanol–water partition coefficient (Wildman–Crippen LogP) is 3.16. The van der Waals surface area contributed by atoms with Gasteiger partial charge in [-0.2, -0.15) is 0 Å². The zero-order chi connectivity index (χ0) is 14.4. The number of carbonyl (C=O) groups is 1. The van der Waals surface area contributed by atoms with Crippen molar-refractivity contribution in [1.29, 1.82) is 0 Å². The van der Waals surface area contributed by atoms with E-state index in [0.717, 1.165) is 38.5 Å². The summed E-state index contributed by atoms with van der Waals surface area (Å²) in [6.07, 6.45) is 5.86. The average Bonchev–Trinajstić information content (AvgIpc) is 2.48. The van der Waals surface area contributed by atoms with Gasteiger partial charge in [0.05, 0.1) is 6.04 Å².